The van der Waals surface area contributed by atoms with Gasteiger partial charge in [-0.2, -0.15) is 5.10 Å². The molecule has 0 saturated heterocycles. The zero-order valence-corrected chi connectivity index (χ0v) is 15.4. The third-order valence-corrected chi connectivity index (χ3v) is 6.22. The minimum Gasteiger partial charge on any atom is -0.272 e. The van der Waals surface area contributed by atoms with Gasteiger partial charge in [0.15, 0.2) is 5.69 Å². The van der Waals surface area contributed by atoms with Gasteiger partial charge < -0.3 is 0 Å². The van der Waals surface area contributed by atoms with Crippen LogP contribution in [0.25, 0.3) is 10.8 Å². The van der Waals surface area contributed by atoms with E-state index in [1.807, 2.05) is 11.8 Å². The van der Waals surface area contributed by atoms with Crippen LogP contribution < -0.4 is 15.8 Å². The Morgan fingerprint density at radius 2 is 1.92 bits per heavy atom. The Hall–Kier alpha value is -2.56. The second-order valence-corrected chi connectivity index (χ2v) is 8.27. The van der Waals surface area contributed by atoms with Gasteiger partial charge in [-0.25, -0.2) is 13.1 Å². The average Bonchev–Trinajstić information content (AvgIpc) is 3.18. The number of carbonyl (C=O) groups excluding carboxylic acids is 1. The summed E-state index contributed by atoms with van der Waals surface area (Å²) in [6.45, 7) is 2.24. The van der Waals surface area contributed by atoms with E-state index in [-0.39, 0.29) is 15.5 Å². The highest BCUT2D eigenvalue weighted by atomic mass is 32.2. The summed E-state index contributed by atoms with van der Waals surface area (Å²) in [7, 11) is -3.86. The fourth-order valence-corrected chi connectivity index (χ4v) is 4.24. The summed E-state index contributed by atoms with van der Waals surface area (Å²) in [5, 5.41) is 6.44. The normalized spacial score (nSPS) is 11.6. The lowest BCUT2D eigenvalue weighted by Gasteiger charge is -2.11. The number of hydrazine groups is 1. The number of benzene rings is 1. The first-order valence-corrected chi connectivity index (χ1v) is 10.2. The van der Waals surface area contributed by atoms with Crippen LogP contribution in [0.4, 0.5) is 0 Å². The number of amides is 1. The molecule has 0 fully saturated rings. The number of hydrogen-bond acceptors (Lipinski definition) is 6. The van der Waals surface area contributed by atoms with Crippen molar-refractivity contribution in [3.05, 3.63) is 57.8 Å². The minimum atomic E-state index is -3.86. The Labute approximate surface area is 153 Å². The zero-order chi connectivity index (χ0) is 18.7. The molecule has 0 bridgehead atoms. The van der Waals surface area contributed by atoms with Crippen molar-refractivity contribution in [1.29, 1.82) is 0 Å². The van der Waals surface area contributed by atoms with E-state index in [4.69, 9.17) is 0 Å². The van der Waals surface area contributed by atoms with Gasteiger partial charge in [-0.05, 0) is 23.9 Å². The Bertz CT molecular complexity index is 1100. The molecule has 0 radical (unpaired) electrons. The maximum absolute atomic E-state index is 12.5. The first-order chi connectivity index (χ1) is 12.4. The van der Waals surface area contributed by atoms with Gasteiger partial charge in [-0.15, -0.1) is 16.2 Å². The summed E-state index contributed by atoms with van der Waals surface area (Å²) in [5.41, 5.74) is 1.84. The van der Waals surface area contributed by atoms with E-state index >= 15 is 0 Å². The number of nitrogens with zero attached hydrogens (tertiary/aromatic N) is 2. The van der Waals surface area contributed by atoms with Gasteiger partial charge in [-0.1, -0.05) is 31.2 Å². The predicted octanol–water partition coefficient (Wildman–Crippen LogP) is 1.49. The monoisotopic (exact) mass is 392 g/mol. The Morgan fingerprint density at radius 1 is 1.19 bits per heavy atom. The van der Waals surface area contributed by atoms with Crippen molar-refractivity contribution in [1.82, 2.24) is 20.0 Å². The lowest BCUT2D eigenvalue weighted by molar-refractivity contribution is 0.0939. The molecular formula is C16H16N4O4S2. The number of aromatic nitrogens is 2. The standard InChI is InChI=1S/C16H16N4O4S2/c1-2-9-20-16(22)12-7-4-3-6-11(12)14(18-20)15(21)17-19-26(23,24)13-8-5-10-25-13/h3-8,10,19H,2,9H2,1H3,(H,17,21). The summed E-state index contributed by atoms with van der Waals surface area (Å²) >= 11 is 1.03. The second-order valence-electron chi connectivity index (χ2n) is 5.41. The van der Waals surface area contributed by atoms with Gasteiger partial charge >= 0.3 is 0 Å². The van der Waals surface area contributed by atoms with E-state index in [1.54, 1.807) is 35.7 Å². The van der Waals surface area contributed by atoms with E-state index in [0.717, 1.165) is 11.3 Å². The first-order valence-electron chi connectivity index (χ1n) is 7.79. The molecule has 0 spiro atoms. The first kappa shape index (κ1) is 18.2. The molecule has 3 aromatic rings. The van der Waals surface area contributed by atoms with E-state index in [1.165, 1.54) is 10.7 Å². The summed E-state index contributed by atoms with van der Waals surface area (Å²) in [6, 6.07) is 9.60. The Morgan fingerprint density at radius 3 is 2.58 bits per heavy atom. The summed E-state index contributed by atoms with van der Waals surface area (Å²) < 4.78 is 25.5. The van der Waals surface area contributed by atoms with Crippen LogP contribution in [-0.2, 0) is 16.6 Å². The zero-order valence-electron chi connectivity index (χ0n) is 13.8. The minimum absolute atomic E-state index is 0.0254. The van der Waals surface area contributed by atoms with Gasteiger partial charge in [-0.3, -0.25) is 15.0 Å². The molecule has 0 aliphatic rings. The maximum Gasteiger partial charge on any atom is 0.287 e. The van der Waals surface area contributed by atoms with Gasteiger partial charge in [0.05, 0.1) is 5.39 Å². The largest absolute Gasteiger partial charge is 0.287 e. The second kappa shape index (κ2) is 7.36. The molecule has 0 atom stereocenters. The number of fused-ring (bicyclic) bond motifs is 1. The quantitative estimate of drug-likeness (QED) is 0.618. The molecule has 2 N–H and O–H groups in total. The van der Waals surface area contributed by atoms with Crippen LogP contribution in [-0.4, -0.2) is 24.1 Å². The van der Waals surface area contributed by atoms with Crippen LogP contribution in [0.3, 0.4) is 0 Å². The van der Waals surface area contributed by atoms with Gasteiger partial charge in [0.2, 0.25) is 0 Å². The van der Waals surface area contributed by atoms with Crippen LogP contribution in [0.2, 0.25) is 0 Å². The molecule has 26 heavy (non-hydrogen) atoms. The molecule has 0 aliphatic heterocycles. The summed E-state index contributed by atoms with van der Waals surface area (Å²) in [5.74, 6) is -0.744. The van der Waals surface area contributed by atoms with Crippen molar-refractivity contribution in [2.45, 2.75) is 24.1 Å². The molecule has 8 nitrogen and oxygen atoms in total. The molecule has 1 aromatic carbocycles. The Kier molecular flexibility index (Phi) is 5.16. The topological polar surface area (TPSA) is 110 Å². The summed E-state index contributed by atoms with van der Waals surface area (Å²) in [4.78, 5) is 27.0. The molecule has 3 rings (SSSR count). The number of rotatable bonds is 6. The highest BCUT2D eigenvalue weighted by Gasteiger charge is 2.20. The fraction of sp³-hybridized carbons (Fsp3) is 0.188. The molecule has 2 heterocycles. The van der Waals surface area contributed by atoms with Crippen molar-refractivity contribution in [2.75, 3.05) is 0 Å². The third kappa shape index (κ3) is 3.52. The van der Waals surface area contributed by atoms with Crippen molar-refractivity contribution < 1.29 is 13.2 Å². The fourth-order valence-electron chi connectivity index (χ4n) is 2.41. The number of hydrogen-bond donors (Lipinski definition) is 2. The number of thiophene rings is 1. The van der Waals surface area contributed by atoms with Crippen LogP contribution in [0.1, 0.15) is 23.8 Å². The van der Waals surface area contributed by atoms with E-state index < -0.39 is 15.9 Å². The molecule has 2 aromatic heterocycles. The smallest absolute Gasteiger partial charge is 0.272 e. The van der Waals surface area contributed by atoms with Gasteiger partial charge in [0.1, 0.15) is 4.21 Å². The lowest BCUT2D eigenvalue weighted by atomic mass is 10.1. The molecular weight excluding hydrogens is 376 g/mol. The number of nitrogens with one attached hydrogen (secondary N) is 2. The molecule has 136 valence electrons. The number of carbonyl (C=O) groups is 1. The number of sulfonamides is 1. The van der Waals surface area contributed by atoms with Crippen molar-refractivity contribution in [3.63, 3.8) is 0 Å². The Balaban J connectivity index is 1.95. The van der Waals surface area contributed by atoms with Crippen LogP contribution in [0.15, 0.2) is 50.8 Å². The van der Waals surface area contributed by atoms with E-state index in [0.29, 0.717) is 23.7 Å². The molecule has 0 aliphatic carbocycles. The van der Waals surface area contributed by atoms with Crippen molar-refractivity contribution >= 4 is 38.0 Å². The molecule has 0 saturated carbocycles. The van der Waals surface area contributed by atoms with E-state index in [9.17, 15) is 18.0 Å². The summed E-state index contributed by atoms with van der Waals surface area (Å²) in [6.07, 6.45) is 0.664. The number of aryl methyl sites for hydroxylation is 1. The van der Waals surface area contributed by atoms with Crippen molar-refractivity contribution in [2.24, 2.45) is 0 Å². The average molecular weight is 392 g/mol. The lowest BCUT2D eigenvalue weighted by Crippen LogP contribution is -2.42. The molecule has 1 amide bonds. The molecule has 0 unspecified atom stereocenters. The maximum atomic E-state index is 12.5. The highest BCUT2D eigenvalue weighted by Crippen LogP contribution is 2.15. The predicted molar refractivity (Wildman–Crippen MR) is 98.4 cm³/mol. The van der Waals surface area contributed by atoms with Gasteiger partial charge in [0, 0.05) is 11.9 Å². The highest BCUT2D eigenvalue weighted by molar-refractivity contribution is 7.91. The van der Waals surface area contributed by atoms with E-state index in [2.05, 4.69) is 10.5 Å². The molecule has 10 heteroatoms. The van der Waals surface area contributed by atoms with Crippen molar-refractivity contribution in [3.8, 4) is 0 Å². The van der Waals surface area contributed by atoms with Crippen LogP contribution >= 0.6 is 11.3 Å². The third-order valence-electron chi connectivity index (χ3n) is 3.58. The SMILES string of the molecule is CCCn1nc(C(=O)NNS(=O)(=O)c2cccs2)c2ccccc2c1=O. The van der Waals surface area contributed by atoms with Crippen LogP contribution in [0.5, 0.6) is 0 Å². The van der Waals surface area contributed by atoms with Crippen LogP contribution in [0, 0.1) is 0 Å². The van der Waals surface area contributed by atoms with Gasteiger partial charge in [0.25, 0.3) is 21.5 Å².